The van der Waals surface area contributed by atoms with Crippen LogP contribution in [0.1, 0.15) is 27.8 Å². The van der Waals surface area contributed by atoms with Crippen LogP contribution in [0.15, 0.2) is 36.4 Å². The van der Waals surface area contributed by atoms with Gasteiger partial charge < -0.3 is 5.73 Å². The van der Waals surface area contributed by atoms with Crippen molar-refractivity contribution < 1.29 is 0 Å². The molecule has 2 aromatic rings. The van der Waals surface area contributed by atoms with Crippen LogP contribution in [0.3, 0.4) is 0 Å². The Morgan fingerprint density at radius 1 is 1.10 bits per heavy atom. The molecule has 2 heteroatoms. The predicted octanol–water partition coefficient (Wildman–Crippen LogP) is 3.44. The van der Waals surface area contributed by atoms with Crippen molar-refractivity contribution in [1.29, 1.82) is 0 Å². The van der Waals surface area contributed by atoms with Gasteiger partial charge in [0.15, 0.2) is 0 Å². The summed E-state index contributed by atoms with van der Waals surface area (Å²) in [6.07, 6.45) is 1.10. The molecule has 0 saturated carbocycles. The number of anilines is 1. The lowest BCUT2D eigenvalue weighted by Crippen LogP contribution is -2.30. The zero-order valence-corrected chi connectivity index (χ0v) is 12.3. The maximum Gasteiger partial charge on any atom is 0.0362 e. The van der Waals surface area contributed by atoms with Gasteiger partial charge in [-0.05, 0) is 54.2 Å². The first-order valence-electron chi connectivity index (χ1n) is 7.28. The summed E-state index contributed by atoms with van der Waals surface area (Å²) >= 11 is 0. The highest BCUT2D eigenvalue weighted by atomic mass is 15.1. The van der Waals surface area contributed by atoms with Gasteiger partial charge in [0, 0.05) is 25.3 Å². The van der Waals surface area contributed by atoms with Gasteiger partial charge in [-0.15, -0.1) is 0 Å². The number of nitrogens with zero attached hydrogens (tertiary/aromatic N) is 1. The van der Waals surface area contributed by atoms with Crippen LogP contribution < -0.4 is 5.73 Å². The van der Waals surface area contributed by atoms with E-state index in [1.807, 2.05) is 6.07 Å². The lowest BCUT2D eigenvalue weighted by Gasteiger charge is -2.29. The van der Waals surface area contributed by atoms with E-state index in [1.54, 1.807) is 0 Å². The highest BCUT2D eigenvalue weighted by Gasteiger charge is 2.18. The van der Waals surface area contributed by atoms with E-state index in [0.29, 0.717) is 0 Å². The summed E-state index contributed by atoms with van der Waals surface area (Å²) in [5, 5.41) is 0. The molecule has 0 fully saturated rings. The molecule has 2 N–H and O–H groups in total. The molecule has 0 aliphatic carbocycles. The number of hydrogen-bond donors (Lipinski definition) is 1. The molecule has 0 amide bonds. The summed E-state index contributed by atoms with van der Waals surface area (Å²) in [5.74, 6) is 0. The molecule has 1 heterocycles. The van der Waals surface area contributed by atoms with E-state index in [9.17, 15) is 0 Å². The predicted molar refractivity (Wildman–Crippen MR) is 84.6 cm³/mol. The number of nitrogen functional groups attached to an aromatic ring is 1. The van der Waals surface area contributed by atoms with E-state index >= 15 is 0 Å². The van der Waals surface area contributed by atoms with Crippen molar-refractivity contribution >= 4 is 5.69 Å². The topological polar surface area (TPSA) is 29.3 Å². The van der Waals surface area contributed by atoms with Gasteiger partial charge in [-0.3, -0.25) is 4.90 Å². The van der Waals surface area contributed by atoms with Crippen molar-refractivity contribution in [3.05, 3.63) is 64.2 Å². The van der Waals surface area contributed by atoms with Crippen LogP contribution in [0.4, 0.5) is 5.69 Å². The fourth-order valence-corrected chi connectivity index (χ4v) is 2.96. The lowest BCUT2D eigenvalue weighted by molar-refractivity contribution is 0.246. The molecular weight excluding hydrogens is 244 g/mol. The molecule has 0 atom stereocenters. The summed E-state index contributed by atoms with van der Waals surface area (Å²) in [6.45, 7) is 7.44. The fraction of sp³-hybridized carbons (Fsp3) is 0.333. The Labute approximate surface area is 121 Å². The zero-order valence-electron chi connectivity index (χ0n) is 12.3. The van der Waals surface area contributed by atoms with Crippen molar-refractivity contribution in [1.82, 2.24) is 4.90 Å². The largest absolute Gasteiger partial charge is 0.398 e. The Morgan fingerprint density at radius 2 is 1.95 bits per heavy atom. The van der Waals surface area contributed by atoms with E-state index in [0.717, 1.165) is 31.7 Å². The van der Waals surface area contributed by atoms with Crippen LogP contribution in [0.2, 0.25) is 0 Å². The maximum atomic E-state index is 6.11. The summed E-state index contributed by atoms with van der Waals surface area (Å²) in [5.41, 5.74) is 13.9. The molecule has 0 radical (unpaired) electrons. The Balaban J connectivity index is 1.77. The number of hydrogen-bond acceptors (Lipinski definition) is 2. The molecule has 0 bridgehead atoms. The molecule has 0 spiro atoms. The third kappa shape index (κ3) is 2.56. The average molecular weight is 266 g/mol. The van der Waals surface area contributed by atoms with Crippen molar-refractivity contribution in [2.75, 3.05) is 12.3 Å². The van der Waals surface area contributed by atoms with Gasteiger partial charge in [0.05, 0.1) is 0 Å². The molecule has 1 aliphatic rings. The Hall–Kier alpha value is -1.80. The lowest BCUT2D eigenvalue weighted by atomic mass is 9.97. The second-order valence-electron chi connectivity index (χ2n) is 5.86. The van der Waals surface area contributed by atoms with Gasteiger partial charge in [-0.1, -0.05) is 30.3 Å². The summed E-state index contributed by atoms with van der Waals surface area (Å²) in [4.78, 5) is 2.49. The first-order valence-corrected chi connectivity index (χ1v) is 7.28. The van der Waals surface area contributed by atoms with Crippen LogP contribution >= 0.6 is 0 Å². The zero-order chi connectivity index (χ0) is 14.1. The van der Waals surface area contributed by atoms with Crippen molar-refractivity contribution in [2.45, 2.75) is 33.4 Å². The van der Waals surface area contributed by atoms with Crippen molar-refractivity contribution in [2.24, 2.45) is 0 Å². The molecule has 2 aromatic carbocycles. The summed E-state index contributed by atoms with van der Waals surface area (Å²) < 4.78 is 0. The molecular formula is C18H22N2. The molecule has 20 heavy (non-hydrogen) atoms. The van der Waals surface area contributed by atoms with Gasteiger partial charge in [-0.2, -0.15) is 0 Å². The second-order valence-corrected chi connectivity index (χ2v) is 5.86. The van der Waals surface area contributed by atoms with Crippen LogP contribution in [-0.2, 0) is 19.5 Å². The molecule has 3 rings (SSSR count). The van der Waals surface area contributed by atoms with E-state index in [2.05, 4.69) is 49.1 Å². The molecule has 1 aliphatic heterocycles. The number of nitrogens with two attached hydrogens (primary N) is 1. The van der Waals surface area contributed by atoms with Gasteiger partial charge in [0.1, 0.15) is 0 Å². The van der Waals surface area contributed by atoms with Gasteiger partial charge in [0.2, 0.25) is 0 Å². The molecule has 0 aromatic heterocycles. The quantitative estimate of drug-likeness (QED) is 0.844. The third-order valence-corrected chi connectivity index (χ3v) is 4.37. The monoisotopic (exact) mass is 266 g/mol. The Bertz CT molecular complexity index is 631. The number of aryl methyl sites for hydroxylation is 2. The standard InChI is InChI=1S/C18H22N2/c1-13-6-7-15(10-14(13)2)11-20-9-8-16-4-3-5-18(19)17(16)12-20/h3-7,10H,8-9,11-12,19H2,1-2H3. The minimum atomic E-state index is 0.937. The fourth-order valence-electron chi connectivity index (χ4n) is 2.96. The normalized spacial score (nSPS) is 15.1. The first-order chi connectivity index (χ1) is 9.63. The van der Waals surface area contributed by atoms with Gasteiger partial charge in [-0.25, -0.2) is 0 Å². The Kier molecular flexibility index (Phi) is 3.49. The van der Waals surface area contributed by atoms with E-state index in [4.69, 9.17) is 5.73 Å². The number of rotatable bonds is 2. The van der Waals surface area contributed by atoms with Crippen LogP contribution in [-0.4, -0.2) is 11.4 Å². The third-order valence-electron chi connectivity index (χ3n) is 4.37. The molecule has 2 nitrogen and oxygen atoms in total. The van der Waals surface area contributed by atoms with E-state index < -0.39 is 0 Å². The van der Waals surface area contributed by atoms with Crippen LogP contribution in [0.5, 0.6) is 0 Å². The minimum absolute atomic E-state index is 0.937. The summed E-state index contributed by atoms with van der Waals surface area (Å²) in [7, 11) is 0. The van der Waals surface area contributed by atoms with Gasteiger partial charge in [0.25, 0.3) is 0 Å². The molecule has 0 saturated heterocycles. The maximum absolute atomic E-state index is 6.11. The minimum Gasteiger partial charge on any atom is -0.398 e. The average Bonchev–Trinajstić information content (AvgIpc) is 2.44. The summed E-state index contributed by atoms with van der Waals surface area (Å²) in [6, 6.07) is 13.0. The highest BCUT2D eigenvalue weighted by molar-refractivity contribution is 5.51. The van der Waals surface area contributed by atoms with Crippen LogP contribution in [0, 0.1) is 13.8 Å². The Morgan fingerprint density at radius 3 is 2.75 bits per heavy atom. The second kappa shape index (κ2) is 5.29. The van der Waals surface area contributed by atoms with Crippen molar-refractivity contribution in [3.63, 3.8) is 0 Å². The van der Waals surface area contributed by atoms with E-state index in [1.165, 1.54) is 27.8 Å². The van der Waals surface area contributed by atoms with E-state index in [-0.39, 0.29) is 0 Å². The van der Waals surface area contributed by atoms with Crippen LogP contribution in [0.25, 0.3) is 0 Å². The number of benzene rings is 2. The number of fused-ring (bicyclic) bond motifs is 1. The molecule has 104 valence electrons. The van der Waals surface area contributed by atoms with Crippen molar-refractivity contribution in [3.8, 4) is 0 Å². The smallest absolute Gasteiger partial charge is 0.0362 e. The SMILES string of the molecule is Cc1ccc(CN2CCc3cccc(N)c3C2)cc1C. The highest BCUT2D eigenvalue weighted by Crippen LogP contribution is 2.25. The molecule has 0 unspecified atom stereocenters. The first kappa shape index (κ1) is 13.2. The van der Waals surface area contributed by atoms with Gasteiger partial charge >= 0.3 is 0 Å².